The van der Waals surface area contributed by atoms with Gasteiger partial charge in [-0.25, -0.2) is 4.79 Å². The van der Waals surface area contributed by atoms with E-state index in [1.807, 2.05) is 24.3 Å². The van der Waals surface area contributed by atoms with Crippen molar-refractivity contribution in [2.75, 3.05) is 0 Å². The fourth-order valence-electron chi connectivity index (χ4n) is 3.14. The molecule has 1 aliphatic rings. The van der Waals surface area contributed by atoms with E-state index in [1.54, 1.807) is 18.3 Å². The van der Waals surface area contributed by atoms with Gasteiger partial charge in [-0.15, -0.1) is 0 Å². The normalized spacial score (nSPS) is 14.6. The number of aryl methyl sites for hydroxylation is 1. The topological polar surface area (TPSA) is 95.9 Å². The number of hydrogen-bond acceptors (Lipinski definition) is 5. The van der Waals surface area contributed by atoms with Crippen molar-refractivity contribution in [3.05, 3.63) is 65.5 Å². The highest BCUT2D eigenvalue weighted by atomic mass is 16.4. The predicted molar refractivity (Wildman–Crippen MR) is 91.0 cm³/mol. The molecule has 0 fully saturated rings. The Hall–Kier alpha value is -3.41. The molecule has 0 unspecified atom stereocenters. The van der Waals surface area contributed by atoms with Gasteiger partial charge in [-0.2, -0.15) is 0 Å². The Bertz CT molecular complexity index is 990. The minimum Gasteiger partial charge on any atom is -0.475 e. The lowest BCUT2D eigenvalue weighted by Crippen LogP contribution is -1.94. The Morgan fingerprint density at radius 1 is 1.12 bits per heavy atom. The van der Waals surface area contributed by atoms with Gasteiger partial charge in [-0.05, 0) is 36.1 Å². The van der Waals surface area contributed by atoms with Crippen LogP contribution in [0.2, 0.25) is 0 Å². The Balaban J connectivity index is 1.87. The maximum atomic E-state index is 11.3. The van der Waals surface area contributed by atoms with Gasteiger partial charge >= 0.3 is 5.97 Å². The minimum absolute atomic E-state index is 0.131. The predicted octanol–water partition coefficient (Wildman–Crippen LogP) is 3.83. The van der Waals surface area contributed by atoms with Gasteiger partial charge in [0.15, 0.2) is 5.76 Å². The molecule has 25 heavy (non-hydrogen) atoms. The number of aromatic nitrogens is 1. The van der Waals surface area contributed by atoms with Crippen LogP contribution in [-0.2, 0) is 6.42 Å². The Morgan fingerprint density at radius 3 is 2.72 bits per heavy atom. The number of benzene rings is 1. The van der Waals surface area contributed by atoms with Crippen LogP contribution in [0.25, 0.3) is 22.6 Å². The largest absolute Gasteiger partial charge is 0.475 e. The van der Waals surface area contributed by atoms with Crippen LogP contribution >= 0.6 is 0 Å². The summed E-state index contributed by atoms with van der Waals surface area (Å²) in [5, 5.41) is 21.7. The molecule has 0 radical (unpaired) electrons. The van der Waals surface area contributed by atoms with E-state index in [2.05, 4.69) is 10.1 Å². The second-order valence-electron chi connectivity index (χ2n) is 5.79. The summed E-state index contributed by atoms with van der Waals surface area (Å²) in [6.07, 6.45) is 3.11. The molecule has 124 valence electrons. The zero-order valence-corrected chi connectivity index (χ0v) is 13.1. The molecule has 6 heteroatoms. The van der Waals surface area contributed by atoms with E-state index >= 15 is 0 Å². The highest BCUT2D eigenvalue weighted by Crippen LogP contribution is 2.36. The smallest absolute Gasteiger partial charge is 0.371 e. The summed E-state index contributed by atoms with van der Waals surface area (Å²) in [7, 11) is 0. The first kappa shape index (κ1) is 15.1. The van der Waals surface area contributed by atoms with Crippen LogP contribution < -0.4 is 0 Å². The lowest BCUT2D eigenvalue weighted by atomic mass is 9.99. The zero-order valence-electron chi connectivity index (χ0n) is 13.1. The average molecular weight is 334 g/mol. The van der Waals surface area contributed by atoms with E-state index in [0.717, 1.165) is 23.1 Å². The summed E-state index contributed by atoms with van der Waals surface area (Å²) >= 11 is 0. The highest BCUT2D eigenvalue weighted by Gasteiger charge is 2.23. The van der Waals surface area contributed by atoms with Crippen molar-refractivity contribution in [1.29, 1.82) is 0 Å². The van der Waals surface area contributed by atoms with E-state index in [1.165, 1.54) is 6.07 Å². The molecule has 2 N–H and O–H groups in total. The van der Waals surface area contributed by atoms with Crippen molar-refractivity contribution in [2.24, 2.45) is 5.16 Å². The fourth-order valence-corrected chi connectivity index (χ4v) is 3.14. The highest BCUT2D eigenvalue weighted by molar-refractivity contribution is 6.04. The number of furan rings is 1. The number of rotatable bonds is 3. The molecular formula is C19H14N2O4. The number of aromatic carboxylic acids is 1. The molecule has 3 aromatic rings. The number of hydrogen-bond donors (Lipinski definition) is 2. The summed E-state index contributed by atoms with van der Waals surface area (Å²) < 4.78 is 5.55. The Kier molecular flexibility index (Phi) is 3.57. The number of carboxylic acid groups (broad SMARTS) is 1. The summed E-state index contributed by atoms with van der Waals surface area (Å²) in [5.41, 5.74) is 4.75. The van der Waals surface area contributed by atoms with E-state index in [-0.39, 0.29) is 5.76 Å². The van der Waals surface area contributed by atoms with Gasteiger partial charge in [-0.1, -0.05) is 29.4 Å². The van der Waals surface area contributed by atoms with E-state index in [0.29, 0.717) is 29.2 Å². The molecule has 0 atom stereocenters. The zero-order chi connectivity index (χ0) is 17.4. The van der Waals surface area contributed by atoms with Gasteiger partial charge in [-0.3, -0.25) is 4.98 Å². The number of pyridine rings is 1. The monoisotopic (exact) mass is 334 g/mol. The molecule has 0 amide bonds. The number of carbonyl (C=O) groups is 1. The molecule has 1 aromatic carbocycles. The van der Waals surface area contributed by atoms with Gasteiger partial charge in [0.05, 0.1) is 5.71 Å². The van der Waals surface area contributed by atoms with Gasteiger partial charge in [0.1, 0.15) is 5.69 Å². The van der Waals surface area contributed by atoms with Crippen LogP contribution in [0.15, 0.2) is 58.2 Å². The number of oxime groups is 1. The summed E-state index contributed by atoms with van der Waals surface area (Å²) in [6.45, 7) is 0. The third-order valence-electron chi connectivity index (χ3n) is 4.32. The Morgan fingerprint density at radius 2 is 2.00 bits per heavy atom. The summed E-state index contributed by atoms with van der Waals surface area (Å²) in [4.78, 5) is 15.6. The van der Waals surface area contributed by atoms with E-state index in [9.17, 15) is 9.90 Å². The SMILES string of the molecule is O=C(O)c1cc(-c2ccc3c(c2)CCC3=NO)c(-c2ccccn2)o1. The van der Waals surface area contributed by atoms with Gasteiger partial charge < -0.3 is 14.7 Å². The van der Waals surface area contributed by atoms with Crippen molar-refractivity contribution in [3.8, 4) is 22.6 Å². The summed E-state index contributed by atoms with van der Waals surface area (Å²) in [6, 6.07) is 12.6. The molecule has 6 nitrogen and oxygen atoms in total. The first-order valence-corrected chi connectivity index (χ1v) is 7.80. The van der Waals surface area contributed by atoms with Gasteiger partial charge in [0.2, 0.25) is 5.76 Å². The van der Waals surface area contributed by atoms with Crippen molar-refractivity contribution in [1.82, 2.24) is 4.98 Å². The average Bonchev–Trinajstić information content (AvgIpc) is 3.26. The molecular weight excluding hydrogens is 320 g/mol. The standard InChI is InChI=1S/C19H14N2O4/c22-19(23)17-10-14(18(25-17)16-3-1-2-8-20-16)12-4-6-13-11(9-12)5-7-15(13)21-24/h1-4,6,8-10,24H,5,7H2,(H,22,23). The lowest BCUT2D eigenvalue weighted by molar-refractivity contribution is 0.0663. The first-order chi connectivity index (χ1) is 12.2. The van der Waals surface area contributed by atoms with Crippen LogP contribution in [0.1, 0.15) is 28.1 Å². The third-order valence-corrected chi connectivity index (χ3v) is 4.32. The maximum Gasteiger partial charge on any atom is 0.371 e. The molecule has 0 saturated carbocycles. The second kappa shape index (κ2) is 5.90. The first-order valence-electron chi connectivity index (χ1n) is 7.80. The summed E-state index contributed by atoms with van der Waals surface area (Å²) in [5.74, 6) is -0.833. The van der Waals surface area contributed by atoms with Gasteiger partial charge in [0, 0.05) is 23.4 Å². The molecule has 2 heterocycles. The minimum atomic E-state index is -1.13. The molecule has 0 aliphatic heterocycles. The molecule has 0 bridgehead atoms. The van der Waals surface area contributed by atoms with Gasteiger partial charge in [0.25, 0.3) is 0 Å². The molecule has 0 saturated heterocycles. The second-order valence-corrected chi connectivity index (χ2v) is 5.79. The number of fused-ring (bicyclic) bond motifs is 1. The number of carboxylic acids is 1. The van der Waals surface area contributed by atoms with Crippen LogP contribution in [0, 0.1) is 0 Å². The lowest BCUT2D eigenvalue weighted by Gasteiger charge is -2.05. The van der Waals surface area contributed by atoms with Crippen LogP contribution in [0.5, 0.6) is 0 Å². The van der Waals surface area contributed by atoms with Crippen molar-refractivity contribution < 1.29 is 19.5 Å². The van der Waals surface area contributed by atoms with Crippen LogP contribution in [0.3, 0.4) is 0 Å². The van der Waals surface area contributed by atoms with E-state index < -0.39 is 5.97 Å². The van der Waals surface area contributed by atoms with E-state index in [4.69, 9.17) is 9.62 Å². The van der Waals surface area contributed by atoms with Crippen LogP contribution in [-0.4, -0.2) is 27.0 Å². The number of nitrogens with zero attached hydrogens (tertiary/aromatic N) is 2. The molecule has 2 aromatic heterocycles. The van der Waals surface area contributed by atoms with Crippen molar-refractivity contribution in [2.45, 2.75) is 12.8 Å². The van der Waals surface area contributed by atoms with Crippen molar-refractivity contribution in [3.63, 3.8) is 0 Å². The molecule has 1 aliphatic carbocycles. The maximum absolute atomic E-state index is 11.3. The van der Waals surface area contributed by atoms with Crippen molar-refractivity contribution >= 4 is 11.7 Å². The Labute approximate surface area is 143 Å². The fraction of sp³-hybridized carbons (Fsp3) is 0.105. The quantitative estimate of drug-likeness (QED) is 0.560. The van der Waals surface area contributed by atoms with Crippen LogP contribution in [0.4, 0.5) is 0 Å². The molecule has 0 spiro atoms. The molecule has 4 rings (SSSR count). The third kappa shape index (κ3) is 2.57.